The number of rotatable bonds is 5. The number of ether oxygens (including phenoxy) is 1. The van der Waals surface area contributed by atoms with E-state index in [1.165, 1.54) is 43.7 Å². The maximum Gasteiger partial charge on any atom is 0.335 e. The number of carboxylic acid groups (broad SMARTS) is 1. The Hall–Kier alpha value is -2.92. The van der Waals surface area contributed by atoms with E-state index in [4.69, 9.17) is 9.84 Å². The molecule has 2 heterocycles. The number of fused-ring (bicyclic) bond motifs is 1. The lowest BCUT2D eigenvalue weighted by atomic mass is 10.2. The molecule has 1 aromatic carbocycles. The third-order valence-corrected chi connectivity index (χ3v) is 5.81. The first-order valence-corrected chi connectivity index (χ1v) is 9.51. The van der Waals surface area contributed by atoms with Crippen molar-refractivity contribution in [3.05, 3.63) is 51.4 Å². The highest BCUT2D eigenvalue weighted by Gasteiger charge is 2.26. The van der Waals surface area contributed by atoms with Gasteiger partial charge in [-0.1, -0.05) is 0 Å². The lowest BCUT2D eigenvalue weighted by Crippen LogP contribution is -2.27. The number of aryl methyl sites for hydroxylation is 1. The fourth-order valence-corrected chi connectivity index (χ4v) is 4.46. The minimum atomic E-state index is -4.33. The molecule has 2 N–H and O–H groups in total. The molecule has 26 heavy (non-hydrogen) atoms. The number of sulfonamides is 1. The number of anilines is 1. The first-order valence-electron chi connectivity index (χ1n) is 7.15. The summed E-state index contributed by atoms with van der Waals surface area (Å²) in [6.07, 6.45) is 1.43. The lowest BCUT2D eigenvalue weighted by molar-refractivity contribution is 0.0697. The van der Waals surface area contributed by atoms with Gasteiger partial charge in [0.1, 0.15) is 5.75 Å². The van der Waals surface area contributed by atoms with E-state index < -0.39 is 26.4 Å². The Balaban J connectivity index is 2.15. The fourth-order valence-electron chi connectivity index (χ4n) is 2.39. The Morgan fingerprint density at radius 1 is 1.38 bits per heavy atom. The molecule has 0 aliphatic rings. The zero-order chi connectivity index (χ0) is 19.1. The number of aromatic nitrogens is 2. The molecule has 0 saturated heterocycles. The smallest absolute Gasteiger partial charge is 0.335 e. The number of nitrogens with zero attached hydrogens (tertiary/aromatic N) is 2. The van der Waals surface area contributed by atoms with Gasteiger partial charge in [0.05, 0.1) is 24.1 Å². The molecule has 0 amide bonds. The number of carboxylic acids is 1. The zero-order valence-corrected chi connectivity index (χ0v) is 15.2. The van der Waals surface area contributed by atoms with Crippen molar-refractivity contribution in [2.75, 3.05) is 11.8 Å². The van der Waals surface area contributed by atoms with Gasteiger partial charge in [-0.25, -0.2) is 18.2 Å². The summed E-state index contributed by atoms with van der Waals surface area (Å²) in [7, 11) is -3.02. The van der Waals surface area contributed by atoms with Crippen LogP contribution in [0, 0.1) is 6.92 Å². The number of hydrogen-bond acceptors (Lipinski definition) is 7. The predicted molar refractivity (Wildman–Crippen MR) is 94.8 cm³/mol. The molecular formula is C15H13N3O6S2. The van der Waals surface area contributed by atoms with Crippen LogP contribution in [0.5, 0.6) is 5.75 Å². The van der Waals surface area contributed by atoms with Crippen LogP contribution in [0.1, 0.15) is 16.1 Å². The second kappa shape index (κ2) is 6.42. The van der Waals surface area contributed by atoms with E-state index in [1.54, 1.807) is 5.38 Å². The van der Waals surface area contributed by atoms with Gasteiger partial charge in [-0.3, -0.25) is 13.9 Å². The van der Waals surface area contributed by atoms with E-state index in [0.717, 1.165) is 10.5 Å². The molecule has 3 aromatic rings. The van der Waals surface area contributed by atoms with Gasteiger partial charge in [0.25, 0.3) is 15.6 Å². The molecule has 0 unspecified atom stereocenters. The van der Waals surface area contributed by atoms with E-state index in [0.29, 0.717) is 4.96 Å². The van der Waals surface area contributed by atoms with Crippen molar-refractivity contribution < 1.29 is 23.1 Å². The van der Waals surface area contributed by atoms with Gasteiger partial charge in [-0.05, 0) is 25.1 Å². The van der Waals surface area contributed by atoms with Crippen molar-refractivity contribution in [2.24, 2.45) is 0 Å². The Bertz CT molecular complexity index is 1180. The molecule has 3 rings (SSSR count). The van der Waals surface area contributed by atoms with Gasteiger partial charge >= 0.3 is 5.97 Å². The summed E-state index contributed by atoms with van der Waals surface area (Å²) in [5, 5.41) is 10.7. The van der Waals surface area contributed by atoms with Crippen LogP contribution in [0.4, 0.5) is 5.69 Å². The average Bonchev–Trinajstić information content (AvgIpc) is 3.02. The van der Waals surface area contributed by atoms with Crippen molar-refractivity contribution >= 4 is 38.0 Å². The molecule has 9 nitrogen and oxygen atoms in total. The molecule has 0 aliphatic carbocycles. The molecule has 0 aliphatic heterocycles. The van der Waals surface area contributed by atoms with Crippen LogP contribution < -0.4 is 15.0 Å². The number of carbonyl (C=O) groups is 1. The van der Waals surface area contributed by atoms with Crippen molar-refractivity contribution in [3.8, 4) is 5.75 Å². The highest BCUT2D eigenvalue weighted by Crippen LogP contribution is 2.28. The number of thiazole rings is 1. The van der Waals surface area contributed by atoms with Crippen molar-refractivity contribution in [1.82, 2.24) is 9.38 Å². The Labute approximate surface area is 151 Å². The largest absolute Gasteiger partial charge is 0.495 e. The Morgan fingerprint density at radius 2 is 2.12 bits per heavy atom. The normalized spacial score (nSPS) is 11.5. The van der Waals surface area contributed by atoms with Gasteiger partial charge < -0.3 is 9.84 Å². The number of aromatic carboxylic acids is 1. The zero-order valence-electron chi connectivity index (χ0n) is 13.6. The molecule has 11 heteroatoms. The second-order valence-corrected chi connectivity index (χ2v) is 7.71. The summed E-state index contributed by atoms with van der Waals surface area (Å²) in [5.41, 5.74) is -0.933. The van der Waals surface area contributed by atoms with E-state index in [-0.39, 0.29) is 22.7 Å². The van der Waals surface area contributed by atoms with Crippen LogP contribution >= 0.6 is 11.3 Å². The van der Waals surface area contributed by atoms with Gasteiger partial charge in [0.15, 0.2) is 9.86 Å². The van der Waals surface area contributed by atoms with Crippen molar-refractivity contribution in [1.29, 1.82) is 0 Å². The SMILES string of the molecule is COc1ccc(C(=O)O)cc1NS(=O)(=O)c1c(C)nc2sccn2c1=O. The fraction of sp³-hybridized carbons (Fsp3) is 0.133. The maximum absolute atomic E-state index is 12.8. The summed E-state index contributed by atoms with van der Waals surface area (Å²) >= 11 is 1.20. The van der Waals surface area contributed by atoms with Crippen LogP contribution in [0.3, 0.4) is 0 Å². The third kappa shape index (κ3) is 3.02. The first kappa shape index (κ1) is 17.9. The lowest BCUT2D eigenvalue weighted by Gasteiger charge is -2.13. The van der Waals surface area contributed by atoms with E-state index >= 15 is 0 Å². The number of benzene rings is 1. The second-order valence-electron chi connectivity index (χ2n) is 5.21. The quantitative estimate of drug-likeness (QED) is 0.671. The molecule has 0 radical (unpaired) electrons. The minimum absolute atomic E-state index is 0.0401. The topological polar surface area (TPSA) is 127 Å². The van der Waals surface area contributed by atoms with Crippen LogP contribution in [0.25, 0.3) is 4.96 Å². The van der Waals surface area contributed by atoms with Crippen molar-refractivity contribution in [2.45, 2.75) is 11.8 Å². The van der Waals surface area contributed by atoms with Crippen LogP contribution in [0.2, 0.25) is 0 Å². The standard InChI is InChI=1S/C15H13N3O6S2/c1-8-12(13(19)18-5-6-25-15(18)16-8)26(22,23)17-10-7-9(14(20)21)3-4-11(10)24-2/h3-7,17H,1-2H3,(H,20,21). The predicted octanol–water partition coefficient (Wildman–Crippen LogP) is 1.57. The van der Waals surface area contributed by atoms with Crippen molar-refractivity contribution in [3.63, 3.8) is 0 Å². The van der Waals surface area contributed by atoms with Gasteiger partial charge in [-0.15, -0.1) is 11.3 Å². The maximum atomic E-state index is 12.8. The molecule has 0 saturated carbocycles. The molecule has 0 spiro atoms. The molecule has 0 atom stereocenters. The van der Waals surface area contributed by atoms with Gasteiger partial charge in [0.2, 0.25) is 0 Å². The summed E-state index contributed by atoms with van der Waals surface area (Å²) < 4.78 is 34.0. The van der Waals surface area contributed by atoms with E-state index in [1.807, 2.05) is 0 Å². The van der Waals surface area contributed by atoms with E-state index in [9.17, 15) is 18.0 Å². The molecule has 136 valence electrons. The minimum Gasteiger partial charge on any atom is -0.495 e. The third-order valence-electron chi connectivity index (χ3n) is 3.55. The summed E-state index contributed by atoms with van der Waals surface area (Å²) in [6.45, 7) is 1.42. The number of nitrogens with one attached hydrogen (secondary N) is 1. The average molecular weight is 395 g/mol. The van der Waals surface area contributed by atoms with Gasteiger partial charge in [-0.2, -0.15) is 0 Å². The van der Waals surface area contributed by atoms with Crippen LogP contribution in [-0.4, -0.2) is 36.0 Å². The van der Waals surface area contributed by atoms with Crippen LogP contribution in [0.15, 0.2) is 39.5 Å². The van der Waals surface area contributed by atoms with E-state index in [2.05, 4.69) is 9.71 Å². The molecule has 2 aromatic heterocycles. The monoisotopic (exact) mass is 395 g/mol. The first-order chi connectivity index (χ1) is 12.2. The highest BCUT2D eigenvalue weighted by atomic mass is 32.2. The highest BCUT2D eigenvalue weighted by molar-refractivity contribution is 7.92. The Kier molecular flexibility index (Phi) is 4.42. The number of methoxy groups -OCH3 is 1. The van der Waals surface area contributed by atoms with Gasteiger partial charge in [0, 0.05) is 11.6 Å². The number of hydrogen-bond donors (Lipinski definition) is 2. The Morgan fingerprint density at radius 3 is 2.77 bits per heavy atom. The summed E-state index contributed by atoms with van der Waals surface area (Å²) in [5.74, 6) is -1.12. The van der Waals surface area contributed by atoms with Crippen LogP contribution in [-0.2, 0) is 10.0 Å². The molecule has 0 bridgehead atoms. The summed E-state index contributed by atoms with van der Waals surface area (Å²) in [4.78, 5) is 27.7. The molecular weight excluding hydrogens is 382 g/mol. The summed E-state index contributed by atoms with van der Waals surface area (Å²) in [6, 6.07) is 3.71. The molecule has 0 fully saturated rings.